The molecule has 5 nitrogen and oxygen atoms in total. The molecule has 2 amide bonds. The summed E-state index contributed by atoms with van der Waals surface area (Å²) in [4.78, 5) is 29.5. The molecule has 1 saturated heterocycles. The number of benzene rings is 3. The first-order valence-corrected chi connectivity index (χ1v) is 11.6. The summed E-state index contributed by atoms with van der Waals surface area (Å²) < 4.78 is 4.38. The Morgan fingerprint density at radius 1 is 0.706 bits per heavy atom. The second-order valence-electron chi connectivity index (χ2n) is 9.45. The molecular formula is C29H23N3O2. The van der Waals surface area contributed by atoms with E-state index in [1.54, 1.807) is 0 Å². The summed E-state index contributed by atoms with van der Waals surface area (Å²) in [5, 5.41) is 2.09. The number of fused-ring (bicyclic) bond motifs is 9. The van der Waals surface area contributed by atoms with Gasteiger partial charge in [0.15, 0.2) is 0 Å². The summed E-state index contributed by atoms with van der Waals surface area (Å²) >= 11 is 0. The number of aryl methyl sites for hydroxylation is 2. The number of amides is 2. The van der Waals surface area contributed by atoms with E-state index >= 15 is 0 Å². The topological polar surface area (TPSA) is 47.2 Å². The van der Waals surface area contributed by atoms with Crippen LogP contribution in [0.5, 0.6) is 0 Å². The van der Waals surface area contributed by atoms with Gasteiger partial charge in [0.25, 0.3) is 0 Å². The zero-order valence-electron chi connectivity index (χ0n) is 19.1. The Morgan fingerprint density at radius 3 is 1.76 bits per heavy atom. The van der Waals surface area contributed by atoms with Crippen LogP contribution < -0.4 is 0 Å². The van der Waals surface area contributed by atoms with Crippen LogP contribution in [0.4, 0.5) is 0 Å². The van der Waals surface area contributed by atoms with Crippen LogP contribution in [0.25, 0.3) is 33.2 Å². The fourth-order valence-corrected chi connectivity index (χ4v) is 6.39. The number of hydrogen-bond acceptors (Lipinski definition) is 2. The number of imide groups is 1. The Labute approximate surface area is 196 Å². The Morgan fingerprint density at radius 2 is 1.21 bits per heavy atom. The minimum absolute atomic E-state index is 0.117. The van der Waals surface area contributed by atoms with E-state index in [0.717, 1.165) is 49.9 Å². The molecule has 5 heteroatoms. The van der Waals surface area contributed by atoms with Crippen molar-refractivity contribution in [3.05, 3.63) is 95.6 Å². The smallest absolute Gasteiger partial charge is 0.245 e. The predicted molar refractivity (Wildman–Crippen MR) is 132 cm³/mol. The first-order chi connectivity index (χ1) is 16.5. The summed E-state index contributed by atoms with van der Waals surface area (Å²) in [6, 6.07) is 26.2. The summed E-state index contributed by atoms with van der Waals surface area (Å²) in [5.41, 5.74) is 6.12. The highest BCUT2D eigenvalue weighted by atomic mass is 16.2. The molecule has 0 radical (unpaired) electrons. The minimum Gasteiger partial charge on any atom is -0.342 e. The van der Waals surface area contributed by atoms with Crippen LogP contribution in [0.2, 0.25) is 0 Å². The number of carbonyl (C=O) groups is 2. The van der Waals surface area contributed by atoms with Gasteiger partial charge in [0.05, 0.1) is 24.4 Å². The van der Waals surface area contributed by atoms with Gasteiger partial charge in [-0.2, -0.15) is 0 Å². The zero-order valence-corrected chi connectivity index (χ0v) is 19.1. The van der Waals surface area contributed by atoms with Crippen LogP contribution in [-0.2, 0) is 35.6 Å². The molecule has 1 aliphatic heterocycles. The van der Waals surface area contributed by atoms with Crippen molar-refractivity contribution >= 4 is 33.6 Å². The van der Waals surface area contributed by atoms with Crippen LogP contribution in [-0.4, -0.2) is 25.8 Å². The SMILES string of the molecule is Cn1c2c(c3ccccc31)C1(CC(=O)N(Cc3ccccc3)C1=O)c1c-2n(C)c2ccccc12. The second kappa shape index (κ2) is 6.48. The van der Waals surface area contributed by atoms with E-state index in [1.165, 1.54) is 4.90 Å². The van der Waals surface area contributed by atoms with Gasteiger partial charge in [-0.3, -0.25) is 14.5 Å². The van der Waals surface area contributed by atoms with E-state index < -0.39 is 5.41 Å². The fourth-order valence-electron chi connectivity index (χ4n) is 6.39. The lowest BCUT2D eigenvalue weighted by atomic mass is 9.75. The normalized spacial score (nSPS) is 16.2. The Hall–Kier alpha value is -4.12. The molecule has 0 bridgehead atoms. The predicted octanol–water partition coefficient (Wildman–Crippen LogP) is 4.90. The number of nitrogens with zero attached hydrogens (tertiary/aromatic N) is 3. The molecule has 0 unspecified atom stereocenters. The molecule has 2 aromatic heterocycles. The highest BCUT2D eigenvalue weighted by Gasteiger charge is 2.61. The first kappa shape index (κ1) is 19.4. The third-order valence-electron chi connectivity index (χ3n) is 7.80. The molecule has 0 atom stereocenters. The molecule has 0 N–H and O–H groups in total. The molecule has 1 spiro atoms. The van der Waals surface area contributed by atoms with Crippen molar-refractivity contribution in [2.24, 2.45) is 14.1 Å². The molecule has 7 rings (SSSR count). The third kappa shape index (κ3) is 2.15. The van der Waals surface area contributed by atoms with Gasteiger partial charge in [0, 0.05) is 47.0 Å². The molecule has 3 heterocycles. The van der Waals surface area contributed by atoms with E-state index in [1.807, 2.05) is 54.6 Å². The quantitative estimate of drug-likeness (QED) is 0.363. The Bertz CT molecular complexity index is 1590. The third-order valence-corrected chi connectivity index (χ3v) is 7.80. The lowest BCUT2D eigenvalue weighted by Gasteiger charge is -2.24. The summed E-state index contributed by atoms with van der Waals surface area (Å²) in [6.45, 7) is 0.292. The first-order valence-electron chi connectivity index (χ1n) is 11.6. The van der Waals surface area contributed by atoms with Gasteiger partial charge >= 0.3 is 0 Å². The van der Waals surface area contributed by atoms with Crippen molar-refractivity contribution < 1.29 is 9.59 Å². The maximum Gasteiger partial charge on any atom is 0.245 e. The lowest BCUT2D eigenvalue weighted by Crippen LogP contribution is -2.37. The molecule has 3 aromatic carbocycles. The van der Waals surface area contributed by atoms with E-state index in [2.05, 4.69) is 47.5 Å². The Balaban J connectivity index is 1.57. The van der Waals surface area contributed by atoms with Gasteiger partial charge in [-0.05, 0) is 17.7 Å². The molecule has 1 fully saturated rings. The minimum atomic E-state index is -1.02. The van der Waals surface area contributed by atoms with Crippen LogP contribution in [0.3, 0.4) is 0 Å². The molecule has 2 aliphatic rings. The van der Waals surface area contributed by atoms with Crippen LogP contribution in [0.1, 0.15) is 23.1 Å². The molecule has 0 saturated carbocycles. The number of carbonyl (C=O) groups excluding carboxylic acids is 2. The highest BCUT2D eigenvalue weighted by Crippen LogP contribution is 2.59. The van der Waals surface area contributed by atoms with Gasteiger partial charge in [0.1, 0.15) is 5.41 Å². The monoisotopic (exact) mass is 445 g/mol. The number of para-hydroxylation sites is 2. The lowest BCUT2D eigenvalue weighted by molar-refractivity contribution is -0.140. The molecule has 166 valence electrons. The second-order valence-corrected chi connectivity index (χ2v) is 9.45. The number of hydrogen-bond donors (Lipinski definition) is 0. The maximum absolute atomic E-state index is 14.5. The zero-order chi connectivity index (χ0) is 23.2. The molecule has 5 aromatic rings. The van der Waals surface area contributed by atoms with Gasteiger partial charge in [0.2, 0.25) is 11.8 Å². The van der Waals surface area contributed by atoms with Crippen LogP contribution >= 0.6 is 0 Å². The van der Waals surface area contributed by atoms with Crippen molar-refractivity contribution in [3.8, 4) is 11.4 Å². The largest absolute Gasteiger partial charge is 0.342 e. The van der Waals surface area contributed by atoms with Gasteiger partial charge in [-0.1, -0.05) is 66.7 Å². The van der Waals surface area contributed by atoms with Crippen molar-refractivity contribution in [1.29, 1.82) is 0 Å². The highest BCUT2D eigenvalue weighted by molar-refractivity contribution is 6.20. The number of rotatable bonds is 2. The average Bonchev–Trinajstić information content (AvgIpc) is 3.51. The standard InChI is InChI=1S/C29H23N3O2/c1-30-21-14-8-6-12-19(21)24-26(30)27-25(20-13-7-9-15-22(20)31(27)2)29(24)16-23(33)32(28(29)34)17-18-10-4-3-5-11-18/h3-15H,16-17H2,1-2H3. The average molecular weight is 446 g/mol. The van der Waals surface area contributed by atoms with Crippen molar-refractivity contribution in [2.45, 2.75) is 18.4 Å². The van der Waals surface area contributed by atoms with Gasteiger partial charge in [-0.25, -0.2) is 0 Å². The van der Waals surface area contributed by atoms with E-state index in [4.69, 9.17) is 0 Å². The van der Waals surface area contributed by atoms with E-state index in [-0.39, 0.29) is 18.2 Å². The summed E-state index contributed by atoms with van der Waals surface area (Å²) in [6.07, 6.45) is 0.153. The number of likely N-dealkylation sites (tertiary alicyclic amines) is 1. The summed E-state index contributed by atoms with van der Waals surface area (Å²) in [5.74, 6) is -0.234. The van der Waals surface area contributed by atoms with Crippen molar-refractivity contribution in [1.82, 2.24) is 14.0 Å². The molecular weight excluding hydrogens is 422 g/mol. The van der Waals surface area contributed by atoms with Crippen LogP contribution in [0, 0.1) is 0 Å². The van der Waals surface area contributed by atoms with E-state index in [9.17, 15) is 9.59 Å². The Kier molecular flexibility index (Phi) is 3.69. The maximum atomic E-state index is 14.5. The van der Waals surface area contributed by atoms with Crippen molar-refractivity contribution in [3.63, 3.8) is 0 Å². The number of aromatic nitrogens is 2. The molecule has 1 aliphatic carbocycles. The fraction of sp³-hybridized carbons (Fsp3) is 0.172. The van der Waals surface area contributed by atoms with Crippen LogP contribution in [0.15, 0.2) is 78.9 Å². The van der Waals surface area contributed by atoms with Crippen molar-refractivity contribution in [2.75, 3.05) is 0 Å². The van der Waals surface area contributed by atoms with Gasteiger partial charge < -0.3 is 9.13 Å². The van der Waals surface area contributed by atoms with E-state index in [0.29, 0.717) is 6.54 Å². The summed E-state index contributed by atoms with van der Waals surface area (Å²) in [7, 11) is 4.12. The molecule has 34 heavy (non-hydrogen) atoms. The van der Waals surface area contributed by atoms with Gasteiger partial charge in [-0.15, -0.1) is 0 Å².